The van der Waals surface area contributed by atoms with Gasteiger partial charge in [0.25, 0.3) is 0 Å². The number of piperidine rings is 1. The van der Waals surface area contributed by atoms with Crippen molar-refractivity contribution in [2.24, 2.45) is 5.92 Å². The van der Waals surface area contributed by atoms with Gasteiger partial charge < -0.3 is 10.6 Å². The standard InChI is InChI=1S/C18H27N3O2/c1-13-4-6-15(7-5-13)12-20-17(22)14(2)21-10-8-16(9-11-21)18(23)19-3/h4-7,14,16H,8-12H2,1-3H3,(H,19,23)(H,20,22)/t14-/m1/s1. The average Bonchev–Trinajstić information content (AvgIpc) is 2.59. The van der Waals surface area contributed by atoms with Crippen molar-refractivity contribution in [3.8, 4) is 0 Å². The summed E-state index contributed by atoms with van der Waals surface area (Å²) in [6, 6.07) is 8.01. The van der Waals surface area contributed by atoms with E-state index in [1.165, 1.54) is 5.56 Å². The molecule has 1 aromatic rings. The van der Waals surface area contributed by atoms with E-state index in [0.29, 0.717) is 6.54 Å². The lowest BCUT2D eigenvalue weighted by atomic mass is 9.95. The molecule has 1 aliphatic rings. The second kappa shape index (κ2) is 8.11. The zero-order valence-electron chi connectivity index (χ0n) is 14.3. The summed E-state index contributed by atoms with van der Waals surface area (Å²) in [7, 11) is 1.68. The van der Waals surface area contributed by atoms with Gasteiger partial charge >= 0.3 is 0 Å². The lowest BCUT2D eigenvalue weighted by Crippen LogP contribution is -2.49. The molecule has 1 fully saturated rings. The fraction of sp³-hybridized carbons (Fsp3) is 0.556. The van der Waals surface area contributed by atoms with E-state index in [1.54, 1.807) is 7.05 Å². The molecule has 0 spiro atoms. The first-order chi connectivity index (χ1) is 11.0. The molecule has 0 aromatic heterocycles. The smallest absolute Gasteiger partial charge is 0.237 e. The second-order valence-electron chi connectivity index (χ2n) is 6.30. The van der Waals surface area contributed by atoms with Crippen LogP contribution in [0, 0.1) is 12.8 Å². The number of carbonyl (C=O) groups excluding carboxylic acids is 2. The molecule has 1 heterocycles. The molecule has 1 saturated heterocycles. The Kier molecular flexibility index (Phi) is 6.16. The summed E-state index contributed by atoms with van der Waals surface area (Å²) in [4.78, 5) is 26.1. The number of carbonyl (C=O) groups is 2. The number of nitrogens with zero attached hydrogens (tertiary/aromatic N) is 1. The molecule has 0 aliphatic carbocycles. The third-order valence-electron chi connectivity index (χ3n) is 4.66. The molecule has 0 saturated carbocycles. The first-order valence-electron chi connectivity index (χ1n) is 8.30. The Morgan fingerprint density at radius 1 is 1.22 bits per heavy atom. The van der Waals surface area contributed by atoms with Crippen molar-refractivity contribution in [2.75, 3.05) is 20.1 Å². The van der Waals surface area contributed by atoms with Crippen LogP contribution in [0.2, 0.25) is 0 Å². The third-order valence-corrected chi connectivity index (χ3v) is 4.66. The molecule has 0 radical (unpaired) electrons. The molecule has 5 nitrogen and oxygen atoms in total. The molecule has 1 aromatic carbocycles. The van der Waals surface area contributed by atoms with Gasteiger partial charge in [0.1, 0.15) is 0 Å². The van der Waals surface area contributed by atoms with Crippen LogP contribution < -0.4 is 10.6 Å². The molecule has 0 bridgehead atoms. The third kappa shape index (κ3) is 4.79. The van der Waals surface area contributed by atoms with E-state index < -0.39 is 0 Å². The minimum absolute atomic E-state index is 0.0453. The number of hydrogen-bond acceptors (Lipinski definition) is 3. The molecular formula is C18H27N3O2. The van der Waals surface area contributed by atoms with Gasteiger partial charge in [-0.3, -0.25) is 14.5 Å². The lowest BCUT2D eigenvalue weighted by Gasteiger charge is -2.34. The zero-order chi connectivity index (χ0) is 16.8. The summed E-state index contributed by atoms with van der Waals surface area (Å²) in [5, 5.41) is 5.71. The van der Waals surface area contributed by atoms with Crippen molar-refractivity contribution in [1.82, 2.24) is 15.5 Å². The number of nitrogens with one attached hydrogen (secondary N) is 2. The highest BCUT2D eigenvalue weighted by molar-refractivity contribution is 5.81. The van der Waals surface area contributed by atoms with Crippen LogP contribution in [-0.4, -0.2) is 42.9 Å². The van der Waals surface area contributed by atoms with Gasteiger partial charge in [0, 0.05) is 19.5 Å². The van der Waals surface area contributed by atoms with Gasteiger partial charge in [-0.1, -0.05) is 29.8 Å². The lowest BCUT2D eigenvalue weighted by molar-refractivity contribution is -0.128. The Bertz CT molecular complexity index is 534. The minimum Gasteiger partial charge on any atom is -0.359 e. The number of rotatable bonds is 5. The van der Waals surface area contributed by atoms with E-state index >= 15 is 0 Å². The van der Waals surface area contributed by atoms with Crippen molar-refractivity contribution in [1.29, 1.82) is 0 Å². The Morgan fingerprint density at radius 3 is 2.39 bits per heavy atom. The second-order valence-corrected chi connectivity index (χ2v) is 6.30. The molecule has 1 aliphatic heterocycles. The summed E-state index contributed by atoms with van der Waals surface area (Å²) in [5.41, 5.74) is 2.32. The Balaban J connectivity index is 1.79. The molecule has 2 rings (SSSR count). The molecular weight excluding hydrogens is 290 g/mol. The molecule has 2 amide bonds. The van der Waals surface area contributed by atoms with Gasteiger partial charge in [-0.25, -0.2) is 0 Å². The van der Waals surface area contributed by atoms with Crippen LogP contribution in [0.25, 0.3) is 0 Å². The quantitative estimate of drug-likeness (QED) is 0.864. The number of aryl methyl sites for hydroxylation is 1. The number of likely N-dealkylation sites (tertiary alicyclic amines) is 1. The summed E-state index contributed by atoms with van der Waals surface area (Å²) < 4.78 is 0. The van der Waals surface area contributed by atoms with Crippen LogP contribution in [0.3, 0.4) is 0 Å². The largest absolute Gasteiger partial charge is 0.359 e. The van der Waals surface area contributed by atoms with E-state index in [1.807, 2.05) is 26.0 Å². The van der Waals surface area contributed by atoms with Crippen LogP contribution >= 0.6 is 0 Å². The van der Waals surface area contributed by atoms with Gasteiger partial charge in [-0.15, -0.1) is 0 Å². The van der Waals surface area contributed by atoms with E-state index in [2.05, 4.69) is 27.7 Å². The molecule has 0 unspecified atom stereocenters. The van der Waals surface area contributed by atoms with Crippen molar-refractivity contribution in [3.63, 3.8) is 0 Å². The van der Waals surface area contributed by atoms with Crippen LogP contribution in [0.5, 0.6) is 0 Å². The fourth-order valence-corrected chi connectivity index (χ4v) is 2.96. The summed E-state index contributed by atoms with van der Waals surface area (Å²) >= 11 is 0. The molecule has 5 heteroatoms. The maximum Gasteiger partial charge on any atom is 0.237 e. The van der Waals surface area contributed by atoms with E-state index in [4.69, 9.17) is 0 Å². The van der Waals surface area contributed by atoms with Gasteiger partial charge in [0.2, 0.25) is 11.8 Å². The maximum absolute atomic E-state index is 12.3. The minimum atomic E-state index is -0.161. The first-order valence-corrected chi connectivity index (χ1v) is 8.30. The van der Waals surface area contributed by atoms with E-state index in [0.717, 1.165) is 31.5 Å². The predicted octanol–water partition coefficient (Wildman–Crippen LogP) is 1.46. The normalized spacial score (nSPS) is 17.5. The Hall–Kier alpha value is -1.88. The maximum atomic E-state index is 12.3. The summed E-state index contributed by atoms with van der Waals surface area (Å²) in [6.45, 7) is 6.12. The van der Waals surface area contributed by atoms with Crippen molar-refractivity contribution < 1.29 is 9.59 Å². The number of amides is 2. The zero-order valence-corrected chi connectivity index (χ0v) is 14.3. The highest BCUT2D eigenvalue weighted by Crippen LogP contribution is 2.19. The fourth-order valence-electron chi connectivity index (χ4n) is 2.96. The van der Waals surface area contributed by atoms with Gasteiger partial charge in [0.05, 0.1) is 6.04 Å². The Morgan fingerprint density at radius 2 is 1.83 bits per heavy atom. The van der Waals surface area contributed by atoms with Crippen LogP contribution in [0.15, 0.2) is 24.3 Å². The topological polar surface area (TPSA) is 61.4 Å². The van der Waals surface area contributed by atoms with Crippen LogP contribution in [-0.2, 0) is 16.1 Å². The number of hydrogen-bond donors (Lipinski definition) is 2. The number of benzene rings is 1. The van der Waals surface area contributed by atoms with Crippen LogP contribution in [0.1, 0.15) is 30.9 Å². The van der Waals surface area contributed by atoms with Crippen molar-refractivity contribution in [2.45, 2.75) is 39.3 Å². The Labute approximate surface area is 138 Å². The molecule has 2 N–H and O–H groups in total. The predicted molar refractivity (Wildman–Crippen MR) is 90.9 cm³/mol. The average molecular weight is 317 g/mol. The monoisotopic (exact) mass is 317 g/mol. The highest BCUT2D eigenvalue weighted by Gasteiger charge is 2.29. The van der Waals surface area contributed by atoms with Crippen LogP contribution in [0.4, 0.5) is 0 Å². The SMILES string of the molecule is CNC(=O)C1CCN([C@H](C)C(=O)NCc2ccc(C)cc2)CC1. The van der Waals surface area contributed by atoms with Gasteiger partial charge in [-0.2, -0.15) is 0 Å². The first kappa shape index (κ1) is 17.5. The van der Waals surface area contributed by atoms with Crippen molar-refractivity contribution >= 4 is 11.8 Å². The van der Waals surface area contributed by atoms with E-state index in [9.17, 15) is 9.59 Å². The molecule has 23 heavy (non-hydrogen) atoms. The summed E-state index contributed by atoms with van der Waals surface area (Å²) in [6.07, 6.45) is 1.63. The molecule has 1 atom stereocenters. The van der Waals surface area contributed by atoms with Crippen molar-refractivity contribution in [3.05, 3.63) is 35.4 Å². The summed E-state index contributed by atoms with van der Waals surface area (Å²) in [5.74, 6) is 0.240. The van der Waals surface area contributed by atoms with E-state index in [-0.39, 0.29) is 23.8 Å². The molecule has 126 valence electrons. The van der Waals surface area contributed by atoms with Gasteiger partial charge in [0.15, 0.2) is 0 Å². The van der Waals surface area contributed by atoms with Gasteiger partial charge in [-0.05, 0) is 45.3 Å². The highest BCUT2D eigenvalue weighted by atomic mass is 16.2.